The van der Waals surface area contributed by atoms with Crippen molar-refractivity contribution in [2.24, 2.45) is 9.50 Å². The molecule has 0 fully saturated rings. The number of nitro groups is 1. The van der Waals surface area contributed by atoms with Crippen molar-refractivity contribution in [3.8, 4) is 17.4 Å². The fourth-order valence-corrected chi connectivity index (χ4v) is 4.31. The van der Waals surface area contributed by atoms with Gasteiger partial charge in [-0.05, 0) is 36.4 Å². The van der Waals surface area contributed by atoms with Crippen molar-refractivity contribution >= 4 is 27.8 Å². The molecule has 1 aromatic heterocycles. The van der Waals surface area contributed by atoms with E-state index in [1.54, 1.807) is 42.5 Å². The van der Waals surface area contributed by atoms with Crippen LogP contribution >= 0.6 is 0 Å². The lowest BCUT2D eigenvalue weighted by atomic mass is 10.1. The number of sulfonamides is 1. The Morgan fingerprint density at radius 1 is 1.16 bits per heavy atom. The van der Waals surface area contributed by atoms with E-state index >= 15 is 0 Å². The van der Waals surface area contributed by atoms with Gasteiger partial charge in [0.25, 0.3) is 15.7 Å². The zero-order chi connectivity index (χ0) is 22.7. The van der Waals surface area contributed by atoms with E-state index in [-0.39, 0.29) is 29.4 Å². The molecular weight excluding hydrogens is 434 g/mol. The molecule has 11 heteroatoms. The Balaban J connectivity index is 1.60. The van der Waals surface area contributed by atoms with Crippen LogP contribution in [0.4, 0.5) is 5.69 Å². The third-order valence-corrected chi connectivity index (χ3v) is 5.93. The maximum Gasteiger partial charge on any atom is 0.285 e. The molecule has 0 amide bonds. The predicted molar refractivity (Wildman–Crippen MR) is 115 cm³/mol. The first-order chi connectivity index (χ1) is 15.4. The van der Waals surface area contributed by atoms with Crippen LogP contribution in [0, 0.1) is 21.4 Å². The van der Waals surface area contributed by atoms with Gasteiger partial charge in [0.15, 0.2) is 5.84 Å². The minimum Gasteiger partial charge on any atom is -0.455 e. The summed E-state index contributed by atoms with van der Waals surface area (Å²) in [6, 6.07) is 17.7. The molecule has 0 bridgehead atoms. The summed E-state index contributed by atoms with van der Waals surface area (Å²) >= 11 is 0. The van der Waals surface area contributed by atoms with Crippen molar-refractivity contribution in [2.75, 3.05) is 6.54 Å². The van der Waals surface area contributed by atoms with Gasteiger partial charge in [0.1, 0.15) is 16.4 Å². The molecule has 0 atom stereocenters. The molecule has 0 spiro atoms. The van der Waals surface area contributed by atoms with E-state index in [0.29, 0.717) is 22.6 Å². The van der Waals surface area contributed by atoms with Crippen LogP contribution in [-0.2, 0) is 10.0 Å². The number of hydrogen-bond acceptors (Lipinski definition) is 8. The van der Waals surface area contributed by atoms with E-state index in [1.807, 2.05) is 6.07 Å². The number of nitro benzene ring substituents is 1. The molecule has 3 aromatic rings. The molecule has 0 N–H and O–H groups in total. The highest BCUT2D eigenvalue weighted by atomic mass is 32.2. The third kappa shape index (κ3) is 4.12. The first kappa shape index (κ1) is 21.0. The van der Waals surface area contributed by atoms with Crippen LogP contribution in [0.25, 0.3) is 11.3 Å². The first-order valence-electron chi connectivity index (χ1n) is 9.36. The molecular formula is C21H15N5O5S. The van der Waals surface area contributed by atoms with Crippen molar-refractivity contribution in [1.82, 2.24) is 5.01 Å². The van der Waals surface area contributed by atoms with Gasteiger partial charge in [0.2, 0.25) is 0 Å². The quantitative estimate of drug-likeness (QED) is 0.318. The Kier molecular flexibility index (Phi) is 5.53. The van der Waals surface area contributed by atoms with Crippen molar-refractivity contribution in [3.63, 3.8) is 0 Å². The number of non-ortho nitro benzene ring substituents is 1. The van der Waals surface area contributed by atoms with E-state index in [0.717, 1.165) is 0 Å². The lowest BCUT2D eigenvalue weighted by Crippen LogP contribution is -2.27. The Morgan fingerprint density at radius 2 is 1.91 bits per heavy atom. The molecule has 0 saturated carbocycles. The molecule has 2 aromatic carbocycles. The average Bonchev–Trinajstić information content (AvgIpc) is 3.37. The average molecular weight is 449 g/mol. The molecule has 4 rings (SSSR count). The highest BCUT2D eigenvalue weighted by Crippen LogP contribution is 2.28. The van der Waals surface area contributed by atoms with Crippen molar-refractivity contribution < 1.29 is 17.8 Å². The smallest absolute Gasteiger partial charge is 0.285 e. The minimum atomic E-state index is -3.83. The SMILES string of the molecule is N#CCCN(/N=C/c1ccc(-c2ccc([N+](=O)[O-])cc2)o1)C1=NS(=O)(=O)c2ccccc21. The van der Waals surface area contributed by atoms with Crippen LogP contribution in [0.3, 0.4) is 0 Å². The topological polar surface area (TPSA) is 142 Å². The summed E-state index contributed by atoms with van der Waals surface area (Å²) in [4.78, 5) is 10.4. The predicted octanol–water partition coefficient (Wildman–Crippen LogP) is 3.55. The van der Waals surface area contributed by atoms with Gasteiger partial charge >= 0.3 is 0 Å². The second-order valence-corrected chi connectivity index (χ2v) is 8.24. The van der Waals surface area contributed by atoms with Crippen LogP contribution in [0.5, 0.6) is 0 Å². The van der Waals surface area contributed by atoms with Crippen molar-refractivity contribution in [2.45, 2.75) is 11.3 Å². The second-order valence-electron chi connectivity index (χ2n) is 6.67. The summed E-state index contributed by atoms with van der Waals surface area (Å²) in [5.74, 6) is 0.986. The maximum absolute atomic E-state index is 12.4. The molecule has 1 aliphatic rings. The molecule has 32 heavy (non-hydrogen) atoms. The number of hydrazone groups is 1. The molecule has 0 radical (unpaired) electrons. The van der Waals surface area contributed by atoms with Gasteiger partial charge in [-0.15, -0.1) is 4.40 Å². The lowest BCUT2D eigenvalue weighted by molar-refractivity contribution is -0.384. The number of amidine groups is 1. The number of rotatable bonds is 6. The van der Waals surface area contributed by atoms with E-state index < -0.39 is 14.9 Å². The van der Waals surface area contributed by atoms with Gasteiger partial charge in [0.05, 0.1) is 30.2 Å². The number of nitrogens with zero attached hydrogens (tertiary/aromatic N) is 5. The van der Waals surface area contributed by atoms with Crippen LogP contribution in [0.15, 0.2) is 79.5 Å². The fraction of sp³-hybridized carbons (Fsp3) is 0.0952. The third-order valence-electron chi connectivity index (χ3n) is 4.61. The van der Waals surface area contributed by atoms with Gasteiger partial charge in [-0.1, -0.05) is 12.1 Å². The van der Waals surface area contributed by atoms with Gasteiger partial charge in [-0.3, -0.25) is 10.1 Å². The second kappa shape index (κ2) is 8.44. The largest absolute Gasteiger partial charge is 0.455 e. The van der Waals surface area contributed by atoms with Gasteiger partial charge in [0, 0.05) is 23.3 Å². The van der Waals surface area contributed by atoms with E-state index in [1.165, 1.54) is 29.4 Å². The van der Waals surface area contributed by atoms with Crippen molar-refractivity contribution in [1.29, 1.82) is 5.26 Å². The summed E-state index contributed by atoms with van der Waals surface area (Å²) in [7, 11) is -3.83. The van der Waals surface area contributed by atoms with Gasteiger partial charge in [-0.25, -0.2) is 5.01 Å². The van der Waals surface area contributed by atoms with Crippen LogP contribution in [0.1, 0.15) is 17.7 Å². The first-order valence-corrected chi connectivity index (χ1v) is 10.8. The number of fused-ring (bicyclic) bond motifs is 1. The molecule has 10 nitrogen and oxygen atoms in total. The zero-order valence-corrected chi connectivity index (χ0v) is 17.3. The molecule has 0 saturated heterocycles. The van der Waals surface area contributed by atoms with Crippen LogP contribution < -0.4 is 0 Å². The number of hydrogen-bond donors (Lipinski definition) is 0. The van der Waals surface area contributed by atoms with E-state index in [4.69, 9.17) is 9.68 Å². The molecule has 2 heterocycles. The van der Waals surface area contributed by atoms with Gasteiger partial charge < -0.3 is 4.42 Å². The summed E-state index contributed by atoms with van der Waals surface area (Å²) in [6.07, 6.45) is 1.49. The zero-order valence-electron chi connectivity index (χ0n) is 16.5. The normalized spacial score (nSPS) is 14.0. The number of nitriles is 1. The van der Waals surface area contributed by atoms with Crippen LogP contribution in [0.2, 0.25) is 0 Å². The van der Waals surface area contributed by atoms with Crippen LogP contribution in [-0.4, -0.2) is 36.9 Å². The van der Waals surface area contributed by atoms with Gasteiger partial charge in [-0.2, -0.15) is 18.8 Å². The lowest BCUT2D eigenvalue weighted by Gasteiger charge is -2.17. The summed E-state index contributed by atoms with van der Waals surface area (Å²) in [5, 5.41) is 25.4. The maximum atomic E-state index is 12.4. The number of furan rings is 1. The van der Waals surface area contributed by atoms with Crippen molar-refractivity contribution in [3.05, 3.63) is 82.1 Å². The molecule has 1 aliphatic heterocycles. The monoisotopic (exact) mass is 449 g/mol. The summed E-state index contributed by atoms with van der Waals surface area (Å²) in [5.41, 5.74) is 1.04. The highest BCUT2D eigenvalue weighted by molar-refractivity contribution is 7.90. The Labute approximate surface area is 182 Å². The summed E-state index contributed by atoms with van der Waals surface area (Å²) < 4.78 is 34.3. The molecule has 160 valence electrons. The standard InChI is InChI=1S/C21H15N5O5S/c22-12-3-13-25(21-18-4-1-2-5-20(18)32(29,30)24-21)23-14-17-10-11-19(31-17)15-6-8-16(9-7-15)26(27)28/h1-2,4-11,14H,3,13H2/b23-14+. The Hall–Kier alpha value is -4.30. The van der Waals surface area contributed by atoms with E-state index in [2.05, 4.69) is 9.50 Å². The number of benzene rings is 2. The molecule has 0 unspecified atom stereocenters. The highest BCUT2D eigenvalue weighted by Gasteiger charge is 2.31. The van der Waals surface area contributed by atoms with E-state index in [9.17, 15) is 18.5 Å². The minimum absolute atomic E-state index is 0.0252. The fourth-order valence-electron chi connectivity index (χ4n) is 3.10. The Morgan fingerprint density at radius 3 is 2.62 bits per heavy atom. The molecule has 0 aliphatic carbocycles. The Bertz CT molecular complexity index is 1380. The summed E-state index contributed by atoms with van der Waals surface area (Å²) in [6.45, 7) is 0.131.